The molecule has 7 nitrogen and oxygen atoms in total. The number of nitrogens with zero attached hydrogens (tertiary/aromatic N) is 1. The lowest BCUT2D eigenvalue weighted by atomic mass is 10.1. The first kappa shape index (κ1) is 25.9. The van der Waals surface area contributed by atoms with E-state index in [1.807, 2.05) is 66.7 Å². The number of rotatable bonds is 14. The monoisotopic (exact) mass is 475 g/mol. The van der Waals surface area contributed by atoms with Crippen LogP contribution in [0.15, 0.2) is 78.9 Å². The molecule has 0 aliphatic carbocycles. The zero-order chi connectivity index (χ0) is 24.9. The van der Waals surface area contributed by atoms with Crippen LogP contribution in [0.2, 0.25) is 0 Å². The summed E-state index contributed by atoms with van der Waals surface area (Å²) in [5.74, 6) is 0.541. The van der Waals surface area contributed by atoms with Gasteiger partial charge in [-0.25, -0.2) is 4.79 Å². The molecule has 0 saturated heterocycles. The van der Waals surface area contributed by atoms with Crippen molar-refractivity contribution in [3.8, 4) is 11.5 Å². The van der Waals surface area contributed by atoms with Crippen molar-refractivity contribution in [1.29, 1.82) is 0 Å². The number of likely N-dealkylation sites (N-methyl/N-ethyl adjacent to an activating group) is 1. The summed E-state index contributed by atoms with van der Waals surface area (Å²) in [6.07, 6.45) is 1.98. The van der Waals surface area contributed by atoms with Crippen molar-refractivity contribution in [2.75, 3.05) is 31.5 Å². The van der Waals surface area contributed by atoms with E-state index < -0.39 is 5.97 Å². The third kappa shape index (κ3) is 9.23. The molecule has 0 unspecified atom stereocenters. The topological polar surface area (TPSA) is 90.9 Å². The number of carbonyl (C=O) groups excluding carboxylic acids is 1. The number of nitrogens with one attached hydrogen (secondary N) is 2. The lowest BCUT2D eigenvalue weighted by Crippen LogP contribution is -2.34. The molecule has 3 rings (SSSR count). The lowest BCUT2D eigenvalue weighted by molar-refractivity contribution is -0.117. The van der Waals surface area contributed by atoms with Crippen LogP contribution in [-0.4, -0.2) is 48.1 Å². The Labute approximate surface area is 206 Å². The fraction of sp³-hybridized carbons (Fsp3) is 0.286. The summed E-state index contributed by atoms with van der Waals surface area (Å²) in [4.78, 5) is 25.5. The number of amides is 1. The van der Waals surface area contributed by atoms with Crippen LogP contribution < -0.4 is 15.4 Å². The highest BCUT2D eigenvalue weighted by atomic mass is 16.5. The Morgan fingerprint density at radius 2 is 1.57 bits per heavy atom. The van der Waals surface area contributed by atoms with Crippen molar-refractivity contribution in [2.45, 2.75) is 26.3 Å². The van der Waals surface area contributed by atoms with Crippen LogP contribution in [-0.2, 0) is 11.3 Å². The fourth-order valence-electron chi connectivity index (χ4n) is 3.57. The Hall–Kier alpha value is -3.68. The van der Waals surface area contributed by atoms with Gasteiger partial charge in [0.2, 0.25) is 5.91 Å². The molecule has 0 aliphatic rings. The maximum atomic E-state index is 12.5. The number of ether oxygens (including phenoxy) is 1. The number of para-hydroxylation sites is 1. The zero-order valence-electron chi connectivity index (χ0n) is 20.1. The van der Waals surface area contributed by atoms with Gasteiger partial charge in [0.05, 0.1) is 12.1 Å². The molecule has 184 valence electrons. The van der Waals surface area contributed by atoms with Crippen LogP contribution in [0.5, 0.6) is 11.5 Å². The van der Waals surface area contributed by atoms with E-state index in [0.29, 0.717) is 18.7 Å². The van der Waals surface area contributed by atoms with E-state index in [4.69, 9.17) is 9.84 Å². The quantitative estimate of drug-likeness (QED) is 0.284. The number of hydrogen-bond acceptors (Lipinski definition) is 5. The summed E-state index contributed by atoms with van der Waals surface area (Å²) in [5, 5.41) is 15.3. The van der Waals surface area contributed by atoms with Gasteiger partial charge in [-0.1, -0.05) is 37.3 Å². The minimum absolute atomic E-state index is 0.0356. The first-order valence-electron chi connectivity index (χ1n) is 11.9. The van der Waals surface area contributed by atoms with E-state index in [0.717, 1.165) is 55.2 Å². The molecule has 0 aromatic heterocycles. The van der Waals surface area contributed by atoms with Gasteiger partial charge in [-0.05, 0) is 86.6 Å². The molecule has 3 N–H and O–H groups in total. The summed E-state index contributed by atoms with van der Waals surface area (Å²) in [6, 6.07) is 23.8. The lowest BCUT2D eigenvalue weighted by Gasteiger charge is -2.20. The predicted molar refractivity (Wildman–Crippen MR) is 138 cm³/mol. The number of anilines is 1. The molecule has 0 spiro atoms. The van der Waals surface area contributed by atoms with Crippen molar-refractivity contribution >= 4 is 17.6 Å². The number of aromatic carboxylic acids is 1. The largest absolute Gasteiger partial charge is 0.478 e. The van der Waals surface area contributed by atoms with E-state index in [2.05, 4.69) is 22.5 Å². The molecule has 0 heterocycles. The van der Waals surface area contributed by atoms with Crippen LogP contribution in [0.3, 0.4) is 0 Å². The molecule has 0 aliphatic heterocycles. The number of carboxylic acids is 1. The van der Waals surface area contributed by atoms with Crippen molar-refractivity contribution in [1.82, 2.24) is 10.2 Å². The number of hydrogen-bond donors (Lipinski definition) is 3. The second kappa shape index (κ2) is 13.9. The Morgan fingerprint density at radius 3 is 2.23 bits per heavy atom. The molecule has 3 aromatic rings. The average Bonchev–Trinajstić information content (AvgIpc) is 2.87. The highest BCUT2D eigenvalue weighted by Gasteiger charge is 2.09. The SMILES string of the molecule is CCN(CCCCNCc1ccc(C(=O)O)cc1)CC(=O)Nc1ccc(Oc2ccccc2)cc1. The number of benzene rings is 3. The minimum atomic E-state index is -0.912. The van der Waals surface area contributed by atoms with Crippen LogP contribution in [0.1, 0.15) is 35.7 Å². The molecule has 0 atom stereocenters. The van der Waals surface area contributed by atoms with Gasteiger partial charge in [0.25, 0.3) is 0 Å². The second-order valence-corrected chi connectivity index (χ2v) is 8.24. The average molecular weight is 476 g/mol. The summed E-state index contributed by atoms with van der Waals surface area (Å²) in [6.45, 7) is 5.63. The van der Waals surface area contributed by atoms with E-state index in [1.165, 1.54) is 0 Å². The number of unbranched alkanes of at least 4 members (excludes halogenated alkanes) is 1. The Kier molecular flexibility index (Phi) is 10.3. The molecule has 3 aromatic carbocycles. The van der Waals surface area contributed by atoms with E-state index in [9.17, 15) is 9.59 Å². The Morgan fingerprint density at radius 1 is 0.886 bits per heavy atom. The van der Waals surface area contributed by atoms with Crippen LogP contribution in [0.4, 0.5) is 5.69 Å². The zero-order valence-corrected chi connectivity index (χ0v) is 20.1. The van der Waals surface area contributed by atoms with Crippen molar-refractivity contribution in [2.24, 2.45) is 0 Å². The smallest absolute Gasteiger partial charge is 0.335 e. The first-order valence-corrected chi connectivity index (χ1v) is 11.9. The van der Waals surface area contributed by atoms with Gasteiger partial charge in [0.15, 0.2) is 0 Å². The van der Waals surface area contributed by atoms with Crippen LogP contribution in [0, 0.1) is 0 Å². The Balaban J connectivity index is 1.31. The molecule has 0 saturated carbocycles. The fourth-order valence-corrected chi connectivity index (χ4v) is 3.57. The molecule has 35 heavy (non-hydrogen) atoms. The summed E-state index contributed by atoms with van der Waals surface area (Å²) < 4.78 is 5.78. The minimum Gasteiger partial charge on any atom is -0.478 e. The molecular formula is C28H33N3O4. The maximum absolute atomic E-state index is 12.5. The predicted octanol–water partition coefficient (Wildman–Crippen LogP) is 5.01. The van der Waals surface area contributed by atoms with Crippen molar-refractivity contribution in [3.63, 3.8) is 0 Å². The maximum Gasteiger partial charge on any atom is 0.335 e. The van der Waals surface area contributed by atoms with Crippen molar-refractivity contribution in [3.05, 3.63) is 90.0 Å². The van der Waals surface area contributed by atoms with Gasteiger partial charge in [-0.3, -0.25) is 9.69 Å². The normalized spacial score (nSPS) is 10.8. The third-order valence-electron chi connectivity index (χ3n) is 5.54. The van der Waals surface area contributed by atoms with E-state index in [1.54, 1.807) is 12.1 Å². The number of carbonyl (C=O) groups is 2. The summed E-state index contributed by atoms with van der Waals surface area (Å²) in [5.41, 5.74) is 2.10. The first-order chi connectivity index (χ1) is 17.0. The van der Waals surface area contributed by atoms with Gasteiger partial charge in [0.1, 0.15) is 11.5 Å². The van der Waals surface area contributed by atoms with Gasteiger partial charge in [-0.15, -0.1) is 0 Å². The second-order valence-electron chi connectivity index (χ2n) is 8.24. The number of carboxylic acid groups (broad SMARTS) is 1. The molecule has 1 amide bonds. The van der Waals surface area contributed by atoms with Crippen LogP contribution >= 0.6 is 0 Å². The van der Waals surface area contributed by atoms with Gasteiger partial charge < -0.3 is 20.5 Å². The highest BCUT2D eigenvalue weighted by molar-refractivity contribution is 5.92. The highest BCUT2D eigenvalue weighted by Crippen LogP contribution is 2.22. The van der Waals surface area contributed by atoms with E-state index in [-0.39, 0.29) is 5.91 Å². The van der Waals surface area contributed by atoms with Crippen LogP contribution in [0.25, 0.3) is 0 Å². The molecule has 0 radical (unpaired) electrons. The summed E-state index contributed by atoms with van der Waals surface area (Å²) >= 11 is 0. The third-order valence-corrected chi connectivity index (χ3v) is 5.54. The van der Waals surface area contributed by atoms with Gasteiger partial charge in [0, 0.05) is 12.2 Å². The van der Waals surface area contributed by atoms with E-state index >= 15 is 0 Å². The Bertz CT molecular complexity index is 1050. The van der Waals surface area contributed by atoms with Gasteiger partial charge >= 0.3 is 5.97 Å². The molecular weight excluding hydrogens is 442 g/mol. The molecule has 0 bridgehead atoms. The van der Waals surface area contributed by atoms with Gasteiger partial charge in [-0.2, -0.15) is 0 Å². The summed E-state index contributed by atoms with van der Waals surface area (Å²) in [7, 11) is 0. The van der Waals surface area contributed by atoms with Crippen molar-refractivity contribution < 1.29 is 19.4 Å². The molecule has 0 fully saturated rings. The standard InChI is InChI=1S/C28H33N3O4/c1-2-31(19-7-6-18-29-20-22-10-12-23(13-11-22)28(33)34)21-27(32)30-24-14-16-26(17-15-24)35-25-8-4-3-5-9-25/h3-5,8-17,29H,2,6-7,18-21H2,1H3,(H,30,32)(H,33,34). The molecule has 7 heteroatoms.